The van der Waals surface area contributed by atoms with Crippen LogP contribution < -0.4 is 4.72 Å². The maximum Gasteiger partial charge on any atom is 0.240 e. The van der Waals surface area contributed by atoms with Gasteiger partial charge in [-0.25, -0.2) is 17.7 Å². The molecule has 2 aromatic carbocycles. The van der Waals surface area contributed by atoms with E-state index < -0.39 is 10.0 Å². The molecule has 2 aromatic heterocycles. The Morgan fingerprint density at radius 2 is 1.86 bits per heavy atom. The van der Waals surface area contributed by atoms with Crippen LogP contribution in [0.2, 0.25) is 10.0 Å². The molecule has 4 rings (SSSR count). The molecule has 0 aliphatic rings. The van der Waals surface area contributed by atoms with Gasteiger partial charge in [0.05, 0.1) is 10.6 Å². The summed E-state index contributed by atoms with van der Waals surface area (Å²) in [4.78, 5) is 6.52. The average molecular weight is 467 g/mol. The highest BCUT2D eigenvalue weighted by molar-refractivity contribution is 7.89. The molecule has 10 heteroatoms. The number of rotatable bonds is 6. The molecule has 0 atom stereocenters. The Morgan fingerprint density at radius 3 is 2.55 bits per heavy atom. The van der Waals surface area contributed by atoms with Gasteiger partial charge < -0.3 is 0 Å². The predicted molar refractivity (Wildman–Crippen MR) is 116 cm³/mol. The van der Waals surface area contributed by atoms with Gasteiger partial charge in [-0.05, 0) is 55.8 Å². The van der Waals surface area contributed by atoms with Crippen LogP contribution in [0.25, 0.3) is 16.3 Å². The fraction of sp³-hybridized carbons (Fsp3) is 0.158. The number of hydrogen-bond donors (Lipinski definition) is 1. The number of benzene rings is 2. The largest absolute Gasteiger partial charge is 0.240 e. The first kappa shape index (κ1) is 20.3. The molecule has 0 radical (unpaired) electrons. The summed E-state index contributed by atoms with van der Waals surface area (Å²) in [6.07, 6.45) is 0.539. The maximum absolute atomic E-state index is 12.4. The number of nitrogens with one attached hydrogen (secondary N) is 1. The first-order valence-electron chi connectivity index (χ1n) is 8.70. The van der Waals surface area contributed by atoms with Crippen LogP contribution in [-0.4, -0.2) is 29.6 Å². The molecule has 150 valence electrons. The van der Waals surface area contributed by atoms with Gasteiger partial charge in [0.25, 0.3) is 0 Å². The normalized spacial score (nSPS) is 12.0. The molecule has 0 aliphatic carbocycles. The van der Waals surface area contributed by atoms with E-state index in [0.717, 1.165) is 21.1 Å². The van der Waals surface area contributed by atoms with E-state index in [1.807, 2.05) is 19.1 Å². The van der Waals surface area contributed by atoms with Crippen molar-refractivity contribution in [3.63, 3.8) is 0 Å². The lowest BCUT2D eigenvalue weighted by atomic mass is 10.2. The molecule has 0 unspecified atom stereocenters. The molecule has 2 heterocycles. The minimum absolute atomic E-state index is 0.150. The van der Waals surface area contributed by atoms with Crippen molar-refractivity contribution in [2.75, 3.05) is 6.54 Å². The van der Waals surface area contributed by atoms with Crippen molar-refractivity contribution in [1.82, 2.24) is 19.3 Å². The average Bonchev–Trinajstić information content (AvgIpc) is 3.22. The molecule has 4 aromatic rings. The van der Waals surface area contributed by atoms with Crippen LogP contribution in [0.4, 0.5) is 0 Å². The summed E-state index contributed by atoms with van der Waals surface area (Å²) in [5, 5.41) is 5.61. The van der Waals surface area contributed by atoms with Crippen molar-refractivity contribution >= 4 is 49.5 Å². The fourth-order valence-electron chi connectivity index (χ4n) is 2.85. The van der Waals surface area contributed by atoms with Crippen molar-refractivity contribution in [2.45, 2.75) is 18.2 Å². The van der Waals surface area contributed by atoms with E-state index in [9.17, 15) is 8.42 Å². The zero-order chi connectivity index (χ0) is 20.6. The number of thiazole rings is 1. The number of fused-ring (bicyclic) bond motifs is 1. The number of hydrogen-bond acceptors (Lipinski definition) is 5. The van der Waals surface area contributed by atoms with Gasteiger partial charge in [-0.15, -0.1) is 5.10 Å². The second-order valence-corrected chi connectivity index (χ2v) is 10.1. The topological polar surface area (TPSA) is 76.4 Å². The second-order valence-electron chi connectivity index (χ2n) is 6.35. The third kappa shape index (κ3) is 4.31. The summed E-state index contributed by atoms with van der Waals surface area (Å²) < 4.78 is 29.2. The zero-order valence-electron chi connectivity index (χ0n) is 15.3. The van der Waals surface area contributed by atoms with Gasteiger partial charge in [-0.1, -0.05) is 40.6 Å². The van der Waals surface area contributed by atoms with Gasteiger partial charge in [-0.2, -0.15) is 4.98 Å². The Balaban J connectivity index is 1.48. The summed E-state index contributed by atoms with van der Waals surface area (Å²) in [5.74, 6) is 0.629. The van der Waals surface area contributed by atoms with Crippen LogP contribution in [0.3, 0.4) is 0 Å². The highest BCUT2D eigenvalue weighted by Gasteiger charge is 2.17. The van der Waals surface area contributed by atoms with E-state index in [-0.39, 0.29) is 11.4 Å². The Kier molecular flexibility index (Phi) is 5.63. The van der Waals surface area contributed by atoms with Crippen molar-refractivity contribution in [2.24, 2.45) is 0 Å². The van der Waals surface area contributed by atoms with E-state index in [2.05, 4.69) is 14.8 Å². The lowest BCUT2D eigenvalue weighted by Gasteiger charge is -2.06. The Labute approximate surface area is 182 Å². The van der Waals surface area contributed by atoms with Crippen LogP contribution in [0.15, 0.2) is 53.4 Å². The molecule has 6 nitrogen and oxygen atoms in total. The molecular weight excluding hydrogens is 451 g/mol. The first-order chi connectivity index (χ1) is 13.8. The molecule has 0 fully saturated rings. The monoisotopic (exact) mass is 466 g/mol. The zero-order valence-corrected chi connectivity index (χ0v) is 18.4. The van der Waals surface area contributed by atoms with Gasteiger partial charge in [0.1, 0.15) is 0 Å². The Bertz CT molecular complexity index is 1280. The lowest BCUT2D eigenvalue weighted by Crippen LogP contribution is -2.26. The summed E-state index contributed by atoms with van der Waals surface area (Å²) in [5.41, 5.74) is 1.83. The number of aromatic nitrogens is 3. The summed E-state index contributed by atoms with van der Waals surface area (Å²) in [6.45, 7) is 2.22. The minimum atomic E-state index is -3.61. The van der Waals surface area contributed by atoms with Crippen LogP contribution in [0.1, 0.15) is 10.6 Å². The van der Waals surface area contributed by atoms with Gasteiger partial charge in [0.2, 0.25) is 15.0 Å². The molecule has 0 saturated carbocycles. The van der Waals surface area contributed by atoms with E-state index in [4.69, 9.17) is 23.2 Å². The summed E-state index contributed by atoms with van der Waals surface area (Å²) in [6, 6.07) is 13.5. The number of aryl methyl sites for hydroxylation is 1. The van der Waals surface area contributed by atoms with E-state index in [1.165, 1.54) is 23.5 Å². The Hall–Kier alpha value is -1.97. The van der Waals surface area contributed by atoms with Crippen LogP contribution in [-0.2, 0) is 16.4 Å². The van der Waals surface area contributed by atoms with Gasteiger partial charge in [-0.3, -0.25) is 0 Å². The smallest absolute Gasteiger partial charge is 0.211 e. The maximum atomic E-state index is 12.4. The van der Waals surface area contributed by atoms with Gasteiger partial charge in [0, 0.05) is 27.0 Å². The highest BCUT2D eigenvalue weighted by Crippen LogP contribution is 2.26. The molecule has 29 heavy (non-hydrogen) atoms. The van der Waals surface area contributed by atoms with Crippen molar-refractivity contribution in [1.29, 1.82) is 0 Å². The van der Waals surface area contributed by atoms with E-state index in [0.29, 0.717) is 22.3 Å². The second kappa shape index (κ2) is 8.04. The van der Waals surface area contributed by atoms with Crippen molar-refractivity contribution in [3.8, 4) is 11.4 Å². The molecule has 1 N–H and O–H groups in total. The standard InChI is InChI=1S/C19H16Cl2N4O2S2/c1-12-17(9-10-22-29(26,27)16-4-2-3-15(21)11-16)28-19-23-18(24-25(12)19)13-5-7-14(20)8-6-13/h2-8,11,22H,9-10H2,1H3. The van der Waals surface area contributed by atoms with Crippen LogP contribution in [0, 0.1) is 6.92 Å². The molecule has 0 aliphatic heterocycles. The van der Waals surface area contributed by atoms with Crippen LogP contribution >= 0.6 is 34.5 Å². The number of sulfonamides is 1. The van der Waals surface area contributed by atoms with E-state index in [1.54, 1.807) is 28.8 Å². The number of nitrogens with zero attached hydrogens (tertiary/aromatic N) is 3. The summed E-state index contributed by atoms with van der Waals surface area (Å²) in [7, 11) is -3.61. The Morgan fingerprint density at radius 1 is 1.10 bits per heavy atom. The SMILES string of the molecule is Cc1c(CCNS(=O)(=O)c2cccc(Cl)c2)sc2nc(-c3ccc(Cl)cc3)nn12. The lowest BCUT2D eigenvalue weighted by molar-refractivity contribution is 0.581. The predicted octanol–water partition coefficient (Wildman–Crippen LogP) is 4.59. The third-order valence-electron chi connectivity index (χ3n) is 4.37. The summed E-state index contributed by atoms with van der Waals surface area (Å²) >= 11 is 13.3. The van der Waals surface area contributed by atoms with Gasteiger partial charge in [0.15, 0.2) is 5.82 Å². The molecule has 0 bridgehead atoms. The quantitative estimate of drug-likeness (QED) is 0.450. The van der Waals surface area contributed by atoms with Gasteiger partial charge >= 0.3 is 0 Å². The molecule has 0 spiro atoms. The molecule has 0 amide bonds. The number of halogens is 2. The molecular formula is C19H16Cl2N4O2S2. The third-order valence-corrected chi connectivity index (χ3v) is 7.50. The van der Waals surface area contributed by atoms with Crippen LogP contribution in [0.5, 0.6) is 0 Å². The van der Waals surface area contributed by atoms with Crippen molar-refractivity contribution < 1.29 is 8.42 Å². The minimum Gasteiger partial charge on any atom is -0.211 e. The molecule has 0 saturated heterocycles. The first-order valence-corrected chi connectivity index (χ1v) is 11.8. The van der Waals surface area contributed by atoms with Crippen molar-refractivity contribution in [3.05, 3.63) is 69.1 Å². The van der Waals surface area contributed by atoms with E-state index >= 15 is 0 Å². The highest BCUT2D eigenvalue weighted by atomic mass is 35.5. The fourth-order valence-corrected chi connectivity index (χ4v) is 5.37.